The second-order valence-electron chi connectivity index (χ2n) is 7.16. The molecular weight excluding hydrogens is 341 g/mol. The standard InChI is InChI=1S/C21H24FN5/c1-15(2)26-9-11-27(12-10-26)20-13-17(7-8-23-20)21-24-14-19(25-21)16-3-5-18(22)6-4-16/h3-8,13-15H,9-12H2,1-2H3,(H,24,25). The van der Waals surface area contributed by atoms with Crippen LogP contribution in [0.2, 0.25) is 0 Å². The summed E-state index contributed by atoms with van der Waals surface area (Å²) >= 11 is 0. The number of pyridine rings is 1. The third-order valence-electron chi connectivity index (χ3n) is 5.11. The van der Waals surface area contributed by atoms with Gasteiger partial charge in [0.2, 0.25) is 0 Å². The van der Waals surface area contributed by atoms with Crippen molar-refractivity contribution in [2.45, 2.75) is 19.9 Å². The molecule has 0 bridgehead atoms. The van der Waals surface area contributed by atoms with Gasteiger partial charge in [0.15, 0.2) is 0 Å². The Morgan fingerprint density at radius 1 is 1.00 bits per heavy atom. The van der Waals surface area contributed by atoms with Gasteiger partial charge < -0.3 is 9.88 Å². The van der Waals surface area contributed by atoms with Gasteiger partial charge in [-0.05, 0) is 50.2 Å². The molecule has 1 saturated heterocycles. The summed E-state index contributed by atoms with van der Waals surface area (Å²) in [5.41, 5.74) is 2.69. The molecule has 2 aromatic heterocycles. The Kier molecular flexibility index (Phi) is 4.90. The van der Waals surface area contributed by atoms with Gasteiger partial charge in [0.05, 0.1) is 5.69 Å². The van der Waals surface area contributed by atoms with E-state index in [1.54, 1.807) is 12.1 Å². The minimum absolute atomic E-state index is 0.245. The predicted octanol–water partition coefficient (Wildman–Crippen LogP) is 3.81. The third kappa shape index (κ3) is 3.85. The molecule has 3 heterocycles. The average molecular weight is 365 g/mol. The molecule has 6 heteroatoms. The molecule has 4 rings (SSSR count). The number of rotatable bonds is 4. The monoisotopic (exact) mass is 365 g/mol. The van der Waals surface area contributed by atoms with E-state index in [0.717, 1.165) is 54.6 Å². The molecule has 0 aliphatic carbocycles. The van der Waals surface area contributed by atoms with Crippen LogP contribution >= 0.6 is 0 Å². The molecule has 0 spiro atoms. The molecule has 1 N–H and O–H groups in total. The number of aromatic nitrogens is 3. The van der Waals surface area contributed by atoms with Gasteiger partial charge in [-0.1, -0.05) is 0 Å². The van der Waals surface area contributed by atoms with Crippen LogP contribution in [-0.2, 0) is 0 Å². The molecule has 0 atom stereocenters. The summed E-state index contributed by atoms with van der Waals surface area (Å²) in [5.74, 6) is 1.53. The summed E-state index contributed by atoms with van der Waals surface area (Å²) in [6, 6.07) is 11.0. The highest BCUT2D eigenvalue weighted by molar-refractivity contribution is 5.66. The average Bonchev–Trinajstić information content (AvgIpc) is 3.19. The first-order valence-corrected chi connectivity index (χ1v) is 9.37. The lowest BCUT2D eigenvalue weighted by Gasteiger charge is -2.37. The van der Waals surface area contributed by atoms with E-state index in [-0.39, 0.29) is 5.82 Å². The van der Waals surface area contributed by atoms with E-state index < -0.39 is 0 Å². The van der Waals surface area contributed by atoms with Gasteiger partial charge in [0.1, 0.15) is 17.5 Å². The largest absolute Gasteiger partial charge is 0.354 e. The highest BCUT2D eigenvalue weighted by Gasteiger charge is 2.20. The fraction of sp³-hybridized carbons (Fsp3) is 0.333. The summed E-state index contributed by atoms with van der Waals surface area (Å²) in [5, 5.41) is 0. The van der Waals surface area contributed by atoms with E-state index >= 15 is 0 Å². The number of benzene rings is 1. The molecule has 1 aromatic carbocycles. The summed E-state index contributed by atoms with van der Waals surface area (Å²) in [6.07, 6.45) is 3.68. The van der Waals surface area contributed by atoms with Gasteiger partial charge in [-0.15, -0.1) is 0 Å². The van der Waals surface area contributed by atoms with Crippen molar-refractivity contribution in [3.05, 3.63) is 54.6 Å². The summed E-state index contributed by atoms with van der Waals surface area (Å²) in [6.45, 7) is 8.55. The first-order valence-electron chi connectivity index (χ1n) is 9.37. The molecular formula is C21H24FN5. The number of hydrogen-bond donors (Lipinski definition) is 1. The molecule has 140 valence electrons. The quantitative estimate of drug-likeness (QED) is 0.764. The van der Waals surface area contributed by atoms with Crippen LogP contribution in [0.1, 0.15) is 13.8 Å². The molecule has 0 saturated carbocycles. The number of nitrogens with one attached hydrogen (secondary N) is 1. The van der Waals surface area contributed by atoms with Crippen LogP contribution in [0.4, 0.5) is 10.2 Å². The normalized spacial score (nSPS) is 15.5. The van der Waals surface area contributed by atoms with Crippen LogP contribution in [0.25, 0.3) is 22.6 Å². The first-order chi connectivity index (χ1) is 13.1. The number of piperazine rings is 1. The van der Waals surface area contributed by atoms with Crippen molar-refractivity contribution in [3.63, 3.8) is 0 Å². The Labute approximate surface area is 158 Å². The Balaban J connectivity index is 1.52. The van der Waals surface area contributed by atoms with Crippen molar-refractivity contribution >= 4 is 5.82 Å². The zero-order chi connectivity index (χ0) is 18.8. The Morgan fingerprint density at radius 3 is 2.44 bits per heavy atom. The third-order valence-corrected chi connectivity index (χ3v) is 5.11. The molecule has 0 amide bonds. The van der Waals surface area contributed by atoms with Gasteiger partial charge in [-0.2, -0.15) is 0 Å². The van der Waals surface area contributed by atoms with Crippen LogP contribution in [0.5, 0.6) is 0 Å². The fourth-order valence-electron chi connectivity index (χ4n) is 3.44. The molecule has 0 radical (unpaired) electrons. The Morgan fingerprint density at radius 2 is 1.74 bits per heavy atom. The van der Waals surface area contributed by atoms with E-state index in [4.69, 9.17) is 0 Å². The maximum Gasteiger partial charge on any atom is 0.138 e. The minimum atomic E-state index is -0.245. The molecule has 1 aliphatic heterocycles. The van der Waals surface area contributed by atoms with Crippen LogP contribution in [0, 0.1) is 5.82 Å². The van der Waals surface area contributed by atoms with Gasteiger partial charge in [0.25, 0.3) is 0 Å². The minimum Gasteiger partial charge on any atom is -0.354 e. The fourth-order valence-corrected chi connectivity index (χ4v) is 3.44. The highest BCUT2D eigenvalue weighted by Crippen LogP contribution is 2.25. The van der Waals surface area contributed by atoms with Gasteiger partial charge in [-0.3, -0.25) is 4.90 Å². The number of anilines is 1. The number of halogens is 1. The molecule has 1 fully saturated rings. The van der Waals surface area contributed by atoms with E-state index in [1.807, 2.05) is 18.5 Å². The van der Waals surface area contributed by atoms with Gasteiger partial charge in [0, 0.05) is 55.7 Å². The zero-order valence-corrected chi connectivity index (χ0v) is 15.7. The SMILES string of the molecule is CC(C)N1CCN(c2cc(-c3nc(-c4ccc(F)cc4)c[nH]3)ccn2)CC1. The van der Waals surface area contributed by atoms with Crippen molar-refractivity contribution in [1.29, 1.82) is 0 Å². The van der Waals surface area contributed by atoms with Gasteiger partial charge in [-0.25, -0.2) is 14.4 Å². The number of nitrogens with zero attached hydrogens (tertiary/aromatic N) is 4. The Bertz CT molecular complexity index is 895. The lowest BCUT2D eigenvalue weighted by molar-refractivity contribution is 0.209. The highest BCUT2D eigenvalue weighted by atomic mass is 19.1. The van der Waals surface area contributed by atoms with E-state index in [9.17, 15) is 4.39 Å². The molecule has 27 heavy (non-hydrogen) atoms. The maximum atomic E-state index is 13.1. The summed E-state index contributed by atoms with van der Waals surface area (Å²) < 4.78 is 13.1. The van der Waals surface area contributed by atoms with Crippen molar-refractivity contribution in [1.82, 2.24) is 19.9 Å². The predicted molar refractivity (Wildman–Crippen MR) is 106 cm³/mol. The lowest BCUT2D eigenvalue weighted by Crippen LogP contribution is -2.49. The number of H-pyrrole nitrogens is 1. The van der Waals surface area contributed by atoms with Gasteiger partial charge >= 0.3 is 0 Å². The van der Waals surface area contributed by atoms with Crippen LogP contribution in [0.15, 0.2) is 48.8 Å². The van der Waals surface area contributed by atoms with Crippen LogP contribution in [0.3, 0.4) is 0 Å². The lowest BCUT2D eigenvalue weighted by atomic mass is 10.2. The molecule has 3 aromatic rings. The van der Waals surface area contributed by atoms with Crippen LogP contribution < -0.4 is 4.90 Å². The van der Waals surface area contributed by atoms with E-state index in [0.29, 0.717) is 6.04 Å². The molecule has 0 unspecified atom stereocenters. The zero-order valence-electron chi connectivity index (χ0n) is 15.7. The van der Waals surface area contributed by atoms with Crippen molar-refractivity contribution < 1.29 is 4.39 Å². The number of aromatic amines is 1. The first kappa shape index (κ1) is 17.7. The molecule has 1 aliphatic rings. The van der Waals surface area contributed by atoms with Crippen molar-refractivity contribution in [2.24, 2.45) is 0 Å². The number of hydrogen-bond acceptors (Lipinski definition) is 4. The molecule has 5 nitrogen and oxygen atoms in total. The summed E-state index contributed by atoms with van der Waals surface area (Å²) in [7, 11) is 0. The topological polar surface area (TPSA) is 48.0 Å². The maximum absolute atomic E-state index is 13.1. The van der Waals surface area contributed by atoms with Crippen molar-refractivity contribution in [2.75, 3.05) is 31.1 Å². The van der Waals surface area contributed by atoms with Crippen molar-refractivity contribution in [3.8, 4) is 22.6 Å². The van der Waals surface area contributed by atoms with Crippen LogP contribution in [-0.4, -0.2) is 52.1 Å². The Hall–Kier alpha value is -2.73. The van der Waals surface area contributed by atoms with E-state index in [2.05, 4.69) is 44.7 Å². The number of imidazole rings is 1. The van der Waals surface area contributed by atoms with E-state index in [1.165, 1.54) is 12.1 Å². The smallest absolute Gasteiger partial charge is 0.138 e. The summed E-state index contributed by atoms with van der Waals surface area (Å²) in [4.78, 5) is 17.3. The second-order valence-corrected chi connectivity index (χ2v) is 7.16. The second kappa shape index (κ2) is 7.48.